The van der Waals surface area contributed by atoms with Crippen LogP contribution in [0.15, 0.2) is 0 Å². The van der Waals surface area contributed by atoms with E-state index in [9.17, 15) is 5.11 Å². The van der Waals surface area contributed by atoms with Crippen LogP contribution < -0.4 is 0 Å². The molecule has 0 aromatic carbocycles. The predicted octanol–water partition coefficient (Wildman–Crippen LogP) is 1.55. The van der Waals surface area contributed by atoms with Crippen molar-refractivity contribution >= 4 is 12.2 Å². The third-order valence-electron chi connectivity index (χ3n) is 4.17. The van der Waals surface area contributed by atoms with Gasteiger partial charge in [0.25, 0.3) is 0 Å². The lowest BCUT2D eigenvalue weighted by Gasteiger charge is -2.28. The number of aromatic nitrogens is 3. The molecule has 1 fully saturated rings. The van der Waals surface area contributed by atoms with Crippen molar-refractivity contribution in [2.24, 2.45) is 0 Å². The van der Waals surface area contributed by atoms with Gasteiger partial charge in [-0.15, -0.1) is 0 Å². The summed E-state index contributed by atoms with van der Waals surface area (Å²) in [5.74, 6) is 1.15. The Morgan fingerprint density at radius 2 is 1.95 bits per heavy atom. The molecular weight excluding hydrogens is 260 g/mol. The number of aryl methyl sites for hydroxylation is 1. The van der Waals surface area contributed by atoms with Crippen LogP contribution in [0.5, 0.6) is 0 Å². The Morgan fingerprint density at radius 3 is 2.74 bits per heavy atom. The molecule has 0 bridgehead atoms. The Morgan fingerprint density at radius 1 is 1.16 bits per heavy atom. The molecule has 0 aliphatic carbocycles. The normalized spacial score (nSPS) is 22.2. The van der Waals surface area contributed by atoms with Gasteiger partial charge in [0.05, 0.1) is 12.8 Å². The first kappa shape index (κ1) is 13.3. The molecule has 6 heteroatoms. The molecular formula is C13H22N4OS. The molecule has 2 aliphatic rings. The van der Waals surface area contributed by atoms with Gasteiger partial charge in [-0.25, -0.2) is 4.68 Å². The van der Waals surface area contributed by atoms with Gasteiger partial charge in [0.1, 0.15) is 5.82 Å². The first-order chi connectivity index (χ1) is 9.24. The van der Waals surface area contributed by atoms with E-state index in [1.54, 1.807) is 0 Å². The highest BCUT2D eigenvalue weighted by Gasteiger charge is 2.19. The first-order valence-corrected chi connectivity index (χ1v) is 7.72. The SMILES string of the molecule is OC1CCN(Cn2nc3n(c2=S)CCCCC3)CC1. The number of likely N-dealkylation sites (tertiary alicyclic amines) is 1. The van der Waals surface area contributed by atoms with Gasteiger partial charge >= 0.3 is 0 Å². The summed E-state index contributed by atoms with van der Waals surface area (Å²) in [5, 5.41) is 14.2. The second kappa shape index (κ2) is 5.73. The Bertz CT molecular complexity index is 487. The minimum atomic E-state index is -0.122. The zero-order valence-corrected chi connectivity index (χ0v) is 12.1. The van der Waals surface area contributed by atoms with Crippen LogP contribution in [0.25, 0.3) is 0 Å². The van der Waals surface area contributed by atoms with Crippen LogP contribution in [0, 0.1) is 4.77 Å². The molecule has 0 atom stereocenters. The van der Waals surface area contributed by atoms with Gasteiger partial charge in [-0.05, 0) is 37.9 Å². The smallest absolute Gasteiger partial charge is 0.199 e. The van der Waals surface area contributed by atoms with E-state index < -0.39 is 0 Å². The Balaban J connectivity index is 1.73. The van der Waals surface area contributed by atoms with Gasteiger partial charge < -0.3 is 9.67 Å². The van der Waals surface area contributed by atoms with Gasteiger partial charge in [0.2, 0.25) is 0 Å². The molecule has 3 rings (SSSR count). The molecule has 0 radical (unpaired) electrons. The number of piperidine rings is 1. The van der Waals surface area contributed by atoms with Crippen LogP contribution in [0.3, 0.4) is 0 Å². The van der Waals surface area contributed by atoms with Crippen molar-refractivity contribution in [1.82, 2.24) is 19.2 Å². The molecule has 1 aromatic heterocycles. The van der Waals surface area contributed by atoms with Gasteiger partial charge in [0.15, 0.2) is 4.77 Å². The van der Waals surface area contributed by atoms with Crippen molar-refractivity contribution in [3.63, 3.8) is 0 Å². The lowest BCUT2D eigenvalue weighted by Crippen LogP contribution is -2.37. The van der Waals surface area contributed by atoms with Crippen LogP contribution in [0.2, 0.25) is 0 Å². The second-order valence-electron chi connectivity index (χ2n) is 5.65. The Kier molecular flexibility index (Phi) is 4.00. The van der Waals surface area contributed by atoms with E-state index in [4.69, 9.17) is 17.3 Å². The van der Waals surface area contributed by atoms with Crippen molar-refractivity contribution in [2.75, 3.05) is 13.1 Å². The summed E-state index contributed by atoms with van der Waals surface area (Å²) >= 11 is 5.55. The number of rotatable bonds is 2. The van der Waals surface area contributed by atoms with Crippen molar-refractivity contribution in [3.8, 4) is 0 Å². The summed E-state index contributed by atoms with van der Waals surface area (Å²) in [6, 6.07) is 0. The molecule has 1 aromatic rings. The quantitative estimate of drug-likeness (QED) is 0.836. The van der Waals surface area contributed by atoms with Crippen molar-refractivity contribution in [2.45, 2.75) is 57.8 Å². The number of aliphatic hydroxyl groups is 1. The molecule has 106 valence electrons. The highest BCUT2D eigenvalue weighted by molar-refractivity contribution is 7.71. The number of fused-ring (bicyclic) bond motifs is 1. The largest absolute Gasteiger partial charge is 0.393 e. The van der Waals surface area contributed by atoms with Crippen molar-refractivity contribution < 1.29 is 5.11 Å². The third-order valence-corrected chi connectivity index (χ3v) is 4.60. The van der Waals surface area contributed by atoms with Crippen LogP contribution in [-0.4, -0.2) is 43.5 Å². The van der Waals surface area contributed by atoms with E-state index in [1.165, 1.54) is 19.3 Å². The van der Waals surface area contributed by atoms with Gasteiger partial charge in [-0.1, -0.05) is 6.42 Å². The average Bonchev–Trinajstić information content (AvgIpc) is 2.60. The van der Waals surface area contributed by atoms with Crippen LogP contribution in [0.4, 0.5) is 0 Å². The number of hydrogen-bond donors (Lipinski definition) is 1. The maximum Gasteiger partial charge on any atom is 0.199 e. The van der Waals surface area contributed by atoms with Gasteiger partial charge in [0, 0.05) is 26.1 Å². The van der Waals surface area contributed by atoms with E-state index in [0.717, 1.165) is 56.2 Å². The van der Waals surface area contributed by atoms with Crippen LogP contribution in [-0.2, 0) is 19.6 Å². The Hall–Kier alpha value is -0.720. The zero-order valence-electron chi connectivity index (χ0n) is 11.3. The van der Waals surface area contributed by atoms with E-state index in [0.29, 0.717) is 0 Å². The molecule has 0 saturated carbocycles. The highest BCUT2D eigenvalue weighted by atomic mass is 32.1. The van der Waals surface area contributed by atoms with Crippen molar-refractivity contribution in [3.05, 3.63) is 10.6 Å². The topological polar surface area (TPSA) is 46.2 Å². The summed E-state index contributed by atoms with van der Waals surface area (Å²) in [6.45, 7) is 3.66. The van der Waals surface area contributed by atoms with E-state index in [1.807, 2.05) is 4.68 Å². The van der Waals surface area contributed by atoms with E-state index in [2.05, 4.69) is 9.47 Å². The molecule has 2 aliphatic heterocycles. The summed E-state index contributed by atoms with van der Waals surface area (Å²) in [6.07, 6.45) is 6.37. The second-order valence-corrected chi connectivity index (χ2v) is 6.02. The minimum Gasteiger partial charge on any atom is -0.393 e. The maximum atomic E-state index is 9.54. The van der Waals surface area contributed by atoms with Crippen molar-refractivity contribution in [1.29, 1.82) is 0 Å². The van der Waals surface area contributed by atoms with Crippen LogP contribution in [0.1, 0.15) is 37.9 Å². The summed E-state index contributed by atoms with van der Waals surface area (Å²) in [4.78, 5) is 2.33. The molecule has 3 heterocycles. The summed E-state index contributed by atoms with van der Waals surface area (Å²) < 4.78 is 5.04. The molecule has 19 heavy (non-hydrogen) atoms. The average molecular weight is 282 g/mol. The maximum absolute atomic E-state index is 9.54. The highest BCUT2D eigenvalue weighted by Crippen LogP contribution is 2.15. The lowest BCUT2D eigenvalue weighted by molar-refractivity contribution is 0.0649. The lowest BCUT2D eigenvalue weighted by atomic mass is 10.1. The fourth-order valence-electron chi connectivity index (χ4n) is 2.97. The summed E-state index contributed by atoms with van der Waals surface area (Å²) in [5.41, 5.74) is 0. The molecule has 0 amide bonds. The summed E-state index contributed by atoms with van der Waals surface area (Å²) in [7, 11) is 0. The number of nitrogens with zero attached hydrogens (tertiary/aromatic N) is 4. The zero-order chi connectivity index (χ0) is 13.2. The third kappa shape index (κ3) is 2.90. The predicted molar refractivity (Wildman–Crippen MR) is 75.4 cm³/mol. The monoisotopic (exact) mass is 282 g/mol. The van der Waals surface area contributed by atoms with Crippen LogP contribution >= 0.6 is 12.2 Å². The van der Waals surface area contributed by atoms with E-state index in [-0.39, 0.29) is 6.10 Å². The Labute approximate surface area is 118 Å². The first-order valence-electron chi connectivity index (χ1n) is 7.31. The molecule has 5 nitrogen and oxygen atoms in total. The molecule has 0 unspecified atom stereocenters. The number of hydrogen-bond acceptors (Lipinski definition) is 4. The fraction of sp³-hybridized carbons (Fsp3) is 0.846. The van der Waals surface area contributed by atoms with Gasteiger partial charge in [-0.3, -0.25) is 4.90 Å². The van der Waals surface area contributed by atoms with Gasteiger partial charge in [-0.2, -0.15) is 5.10 Å². The number of aliphatic hydroxyl groups excluding tert-OH is 1. The molecule has 0 spiro atoms. The standard InChI is InChI=1S/C13H22N4OS/c18-11-5-8-15(9-6-11)10-17-13(19)16-7-3-1-2-4-12(16)14-17/h11,18H,1-10H2. The molecule has 1 N–H and O–H groups in total. The van der Waals surface area contributed by atoms with E-state index >= 15 is 0 Å². The minimum absolute atomic E-state index is 0.122. The fourth-order valence-corrected chi connectivity index (χ4v) is 3.26. The molecule has 1 saturated heterocycles.